The van der Waals surface area contributed by atoms with Crippen molar-refractivity contribution >= 4 is 12.6 Å². The monoisotopic (exact) mass is 392 g/mol. The second-order valence-electron chi connectivity index (χ2n) is 7.11. The SMILES string of the molecule is OC(CNCC1CCc2cc(-c3cccc(S)c3)ccc2O1)c1cccnc1. The van der Waals surface area contributed by atoms with E-state index in [2.05, 4.69) is 53.3 Å². The molecule has 5 heteroatoms. The Hall–Kier alpha value is -2.34. The van der Waals surface area contributed by atoms with Crippen molar-refractivity contribution in [2.45, 2.75) is 29.9 Å². The molecule has 0 saturated carbocycles. The molecule has 28 heavy (non-hydrogen) atoms. The highest BCUT2D eigenvalue weighted by atomic mass is 32.1. The number of nitrogens with one attached hydrogen (secondary N) is 1. The molecule has 4 nitrogen and oxygen atoms in total. The fourth-order valence-corrected chi connectivity index (χ4v) is 3.75. The van der Waals surface area contributed by atoms with Crippen LogP contribution in [0.15, 0.2) is 71.9 Å². The normalized spacial score (nSPS) is 16.9. The van der Waals surface area contributed by atoms with Crippen molar-refractivity contribution < 1.29 is 9.84 Å². The standard InChI is InChI=1S/C23H24N2O2S/c26-22(19-4-2-10-24-13-19)15-25-14-20-8-6-18-11-17(7-9-23(18)27-20)16-3-1-5-21(28)12-16/h1-5,7,9-13,20,22,25-26,28H,6,8,14-15H2. The van der Waals surface area contributed by atoms with E-state index in [1.165, 1.54) is 16.7 Å². The number of hydrogen-bond donors (Lipinski definition) is 3. The van der Waals surface area contributed by atoms with Gasteiger partial charge < -0.3 is 15.2 Å². The van der Waals surface area contributed by atoms with E-state index >= 15 is 0 Å². The molecule has 0 aliphatic carbocycles. The first-order chi connectivity index (χ1) is 13.7. The zero-order valence-electron chi connectivity index (χ0n) is 15.6. The van der Waals surface area contributed by atoms with Gasteiger partial charge in [-0.1, -0.05) is 24.3 Å². The Morgan fingerprint density at radius 2 is 2.04 bits per heavy atom. The van der Waals surface area contributed by atoms with Crippen molar-refractivity contribution in [1.82, 2.24) is 10.3 Å². The van der Waals surface area contributed by atoms with Crippen molar-refractivity contribution in [2.75, 3.05) is 13.1 Å². The predicted octanol–water partition coefficient (Wildman–Crippen LogP) is 4.05. The fraction of sp³-hybridized carbons (Fsp3) is 0.261. The number of ether oxygens (including phenoxy) is 1. The molecule has 1 aliphatic rings. The molecular weight excluding hydrogens is 368 g/mol. The van der Waals surface area contributed by atoms with Gasteiger partial charge in [-0.25, -0.2) is 0 Å². The van der Waals surface area contributed by atoms with Crippen LogP contribution >= 0.6 is 12.6 Å². The van der Waals surface area contributed by atoms with Crippen LogP contribution in [0.4, 0.5) is 0 Å². The second-order valence-corrected chi connectivity index (χ2v) is 7.63. The summed E-state index contributed by atoms with van der Waals surface area (Å²) in [6.45, 7) is 1.19. The number of hydrogen-bond acceptors (Lipinski definition) is 5. The van der Waals surface area contributed by atoms with Crippen LogP contribution in [0.5, 0.6) is 5.75 Å². The minimum Gasteiger partial charge on any atom is -0.489 e. The Morgan fingerprint density at radius 3 is 2.86 bits per heavy atom. The van der Waals surface area contributed by atoms with Gasteiger partial charge in [-0.2, -0.15) is 0 Å². The molecule has 2 heterocycles. The van der Waals surface area contributed by atoms with Crippen LogP contribution < -0.4 is 10.1 Å². The number of aliphatic hydroxyl groups is 1. The van der Waals surface area contributed by atoms with E-state index in [9.17, 15) is 5.11 Å². The van der Waals surface area contributed by atoms with Gasteiger partial charge in [-0.15, -0.1) is 12.6 Å². The number of nitrogens with zero attached hydrogens (tertiary/aromatic N) is 1. The fourth-order valence-electron chi connectivity index (χ4n) is 3.53. The summed E-state index contributed by atoms with van der Waals surface area (Å²) < 4.78 is 6.16. The number of rotatable bonds is 6. The van der Waals surface area contributed by atoms with E-state index in [0.717, 1.165) is 29.1 Å². The number of aliphatic hydroxyl groups excluding tert-OH is 1. The van der Waals surface area contributed by atoms with E-state index < -0.39 is 6.10 Å². The summed E-state index contributed by atoms with van der Waals surface area (Å²) in [5.41, 5.74) is 4.43. The predicted molar refractivity (Wildman–Crippen MR) is 114 cm³/mol. The number of thiol groups is 1. The van der Waals surface area contributed by atoms with Gasteiger partial charge in [0.1, 0.15) is 11.9 Å². The van der Waals surface area contributed by atoms with Crippen molar-refractivity contribution in [3.05, 3.63) is 78.1 Å². The Kier molecular flexibility index (Phi) is 5.95. The van der Waals surface area contributed by atoms with Gasteiger partial charge in [-0.05, 0) is 59.9 Å². The van der Waals surface area contributed by atoms with Crippen LogP contribution in [0.1, 0.15) is 23.7 Å². The lowest BCUT2D eigenvalue weighted by atomic mass is 9.97. The molecule has 1 aromatic heterocycles. The first-order valence-corrected chi connectivity index (χ1v) is 10.0. The zero-order valence-corrected chi connectivity index (χ0v) is 16.5. The van der Waals surface area contributed by atoms with Crippen LogP contribution in [-0.4, -0.2) is 29.3 Å². The summed E-state index contributed by atoms with van der Waals surface area (Å²) in [4.78, 5) is 5.01. The molecule has 2 atom stereocenters. The molecule has 2 aromatic carbocycles. The quantitative estimate of drug-likeness (QED) is 0.554. The molecule has 0 bridgehead atoms. The van der Waals surface area contributed by atoms with Gasteiger partial charge in [0.2, 0.25) is 0 Å². The Balaban J connectivity index is 1.34. The maximum Gasteiger partial charge on any atom is 0.123 e. The smallest absolute Gasteiger partial charge is 0.123 e. The van der Waals surface area contributed by atoms with Gasteiger partial charge in [0.15, 0.2) is 0 Å². The molecule has 4 rings (SSSR count). The van der Waals surface area contributed by atoms with Gasteiger partial charge >= 0.3 is 0 Å². The first kappa shape index (κ1) is 19.0. The summed E-state index contributed by atoms with van der Waals surface area (Å²) in [5.74, 6) is 0.955. The van der Waals surface area contributed by atoms with Crippen LogP contribution in [0.25, 0.3) is 11.1 Å². The maximum absolute atomic E-state index is 10.2. The molecular formula is C23H24N2O2S. The Bertz CT molecular complexity index is 933. The lowest BCUT2D eigenvalue weighted by molar-refractivity contribution is 0.146. The van der Waals surface area contributed by atoms with Gasteiger partial charge in [0, 0.05) is 35.9 Å². The molecule has 2 N–H and O–H groups in total. The van der Waals surface area contributed by atoms with Crippen LogP contribution in [0.3, 0.4) is 0 Å². The molecule has 0 fully saturated rings. The minimum absolute atomic E-state index is 0.111. The highest BCUT2D eigenvalue weighted by Gasteiger charge is 2.20. The van der Waals surface area contributed by atoms with E-state index in [4.69, 9.17) is 4.74 Å². The van der Waals surface area contributed by atoms with E-state index in [-0.39, 0.29) is 6.10 Å². The molecule has 2 unspecified atom stereocenters. The minimum atomic E-state index is -0.560. The van der Waals surface area contributed by atoms with Crippen molar-refractivity contribution in [2.24, 2.45) is 0 Å². The molecule has 144 valence electrons. The van der Waals surface area contributed by atoms with Gasteiger partial charge in [0.05, 0.1) is 6.10 Å². The third-order valence-electron chi connectivity index (χ3n) is 5.05. The molecule has 0 saturated heterocycles. The summed E-state index contributed by atoms with van der Waals surface area (Å²) >= 11 is 4.43. The zero-order chi connectivity index (χ0) is 19.3. The third kappa shape index (κ3) is 4.55. The second kappa shape index (κ2) is 8.78. The number of fused-ring (bicyclic) bond motifs is 1. The highest BCUT2D eigenvalue weighted by Crippen LogP contribution is 2.32. The number of benzene rings is 2. The van der Waals surface area contributed by atoms with Crippen molar-refractivity contribution in [3.8, 4) is 16.9 Å². The van der Waals surface area contributed by atoms with Crippen LogP contribution in [0.2, 0.25) is 0 Å². The number of aromatic nitrogens is 1. The Morgan fingerprint density at radius 1 is 1.14 bits per heavy atom. The summed E-state index contributed by atoms with van der Waals surface area (Å²) in [6.07, 6.45) is 4.90. The molecule has 0 radical (unpaired) electrons. The molecule has 1 aliphatic heterocycles. The lowest BCUT2D eigenvalue weighted by Gasteiger charge is -2.27. The first-order valence-electron chi connectivity index (χ1n) is 9.57. The molecule has 3 aromatic rings. The maximum atomic E-state index is 10.2. The number of aryl methyl sites for hydroxylation is 1. The Labute approximate surface area is 171 Å². The summed E-state index contributed by atoms with van der Waals surface area (Å²) in [5, 5.41) is 13.5. The van der Waals surface area contributed by atoms with E-state index in [1.54, 1.807) is 12.4 Å². The average molecular weight is 393 g/mol. The van der Waals surface area contributed by atoms with Crippen LogP contribution in [0, 0.1) is 0 Å². The average Bonchev–Trinajstić information content (AvgIpc) is 2.74. The topological polar surface area (TPSA) is 54.4 Å². The number of pyridine rings is 1. The lowest BCUT2D eigenvalue weighted by Crippen LogP contribution is -2.36. The van der Waals surface area contributed by atoms with Crippen LogP contribution in [-0.2, 0) is 6.42 Å². The van der Waals surface area contributed by atoms with Gasteiger partial charge in [0.25, 0.3) is 0 Å². The summed E-state index contributed by atoms with van der Waals surface area (Å²) in [7, 11) is 0. The largest absolute Gasteiger partial charge is 0.489 e. The molecule has 0 spiro atoms. The summed E-state index contributed by atoms with van der Waals surface area (Å²) in [6, 6.07) is 18.3. The van der Waals surface area contributed by atoms with Gasteiger partial charge in [-0.3, -0.25) is 4.98 Å². The van der Waals surface area contributed by atoms with Crippen molar-refractivity contribution in [1.29, 1.82) is 0 Å². The highest BCUT2D eigenvalue weighted by molar-refractivity contribution is 7.80. The van der Waals surface area contributed by atoms with E-state index in [0.29, 0.717) is 13.1 Å². The van der Waals surface area contributed by atoms with E-state index in [1.807, 2.05) is 24.3 Å². The van der Waals surface area contributed by atoms with Crippen molar-refractivity contribution in [3.63, 3.8) is 0 Å². The third-order valence-corrected chi connectivity index (χ3v) is 5.33. The molecule has 0 amide bonds.